The van der Waals surface area contributed by atoms with E-state index in [0.717, 1.165) is 17.7 Å². The minimum atomic E-state index is -0.353. The summed E-state index contributed by atoms with van der Waals surface area (Å²) in [7, 11) is 1.71. The molecule has 0 aliphatic rings. The highest BCUT2D eigenvalue weighted by Gasteiger charge is 2.12. The average molecular weight is 344 g/mol. The van der Waals surface area contributed by atoms with Crippen LogP contribution in [0.5, 0.6) is 5.75 Å². The molecule has 0 fully saturated rings. The van der Waals surface area contributed by atoms with Crippen LogP contribution in [0.1, 0.15) is 24.6 Å². The van der Waals surface area contributed by atoms with Gasteiger partial charge in [0.1, 0.15) is 6.10 Å². The fourth-order valence-electron chi connectivity index (χ4n) is 2.29. The number of hydrogen-bond donors (Lipinski definition) is 2. The summed E-state index contributed by atoms with van der Waals surface area (Å²) >= 11 is 0. The number of halogens is 1. The topological polar surface area (TPSA) is 58.5 Å². The summed E-state index contributed by atoms with van der Waals surface area (Å²) < 4.78 is 19.4. The van der Waals surface area contributed by atoms with Gasteiger partial charge < -0.3 is 15.4 Å². The molecule has 5 nitrogen and oxygen atoms in total. The number of aromatic nitrogens is 1. The lowest BCUT2D eigenvalue weighted by Gasteiger charge is -2.20. The van der Waals surface area contributed by atoms with Crippen molar-refractivity contribution in [3.05, 3.63) is 59.7 Å². The van der Waals surface area contributed by atoms with Gasteiger partial charge in [-0.3, -0.25) is 9.98 Å². The predicted molar refractivity (Wildman–Crippen MR) is 98.3 cm³/mol. The van der Waals surface area contributed by atoms with Crippen molar-refractivity contribution in [1.82, 2.24) is 15.6 Å². The standard InChI is InChI=1S/C19H25FN4O/c1-4-15(25-18-10-6-5-9-16(18)20)12-23-19(21-3)24-13-17-14(2)8-7-11-22-17/h5-11,15H,4,12-13H2,1-3H3,(H2,21,23,24). The van der Waals surface area contributed by atoms with Crippen LogP contribution in [-0.2, 0) is 6.54 Å². The number of nitrogens with zero attached hydrogens (tertiary/aromatic N) is 2. The zero-order chi connectivity index (χ0) is 18.1. The molecule has 2 rings (SSSR count). The summed E-state index contributed by atoms with van der Waals surface area (Å²) in [6.07, 6.45) is 2.36. The third kappa shape index (κ3) is 5.74. The Morgan fingerprint density at radius 1 is 1.24 bits per heavy atom. The van der Waals surface area contributed by atoms with Crippen molar-refractivity contribution in [1.29, 1.82) is 0 Å². The van der Waals surface area contributed by atoms with E-state index in [9.17, 15) is 4.39 Å². The smallest absolute Gasteiger partial charge is 0.191 e. The number of hydrogen-bond acceptors (Lipinski definition) is 3. The molecule has 0 saturated carbocycles. The second-order valence-electron chi connectivity index (χ2n) is 5.65. The third-order valence-corrected chi connectivity index (χ3v) is 3.85. The highest BCUT2D eigenvalue weighted by atomic mass is 19.1. The van der Waals surface area contributed by atoms with Gasteiger partial charge in [0, 0.05) is 13.2 Å². The maximum absolute atomic E-state index is 13.7. The Morgan fingerprint density at radius 3 is 2.72 bits per heavy atom. The maximum atomic E-state index is 13.7. The van der Waals surface area contributed by atoms with Crippen LogP contribution in [-0.4, -0.2) is 30.6 Å². The zero-order valence-corrected chi connectivity index (χ0v) is 14.9. The monoisotopic (exact) mass is 344 g/mol. The molecule has 25 heavy (non-hydrogen) atoms. The van der Waals surface area contributed by atoms with E-state index in [4.69, 9.17) is 4.74 Å². The van der Waals surface area contributed by atoms with Crippen molar-refractivity contribution in [2.24, 2.45) is 4.99 Å². The van der Waals surface area contributed by atoms with Crippen LogP contribution in [0.3, 0.4) is 0 Å². The first-order chi connectivity index (χ1) is 12.1. The number of guanidine groups is 1. The molecule has 6 heteroatoms. The molecule has 0 bridgehead atoms. The second kappa shape index (κ2) is 9.61. The Kier molecular flexibility index (Phi) is 7.19. The number of aliphatic imine (C=N–C) groups is 1. The molecule has 0 radical (unpaired) electrons. The van der Waals surface area contributed by atoms with Crippen LogP contribution >= 0.6 is 0 Å². The second-order valence-corrected chi connectivity index (χ2v) is 5.65. The lowest BCUT2D eigenvalue weighted by Crippen LogP contribution is -2.42. The molecule has 0 aliphatic heterocycles. The van der Waals surface area contributed by atoms with Crippen LogP contribution in [0.2, 0.25) is 0 Å². The van der Waals surface area contributed by atoms with E-state index < -0.39 is 0 Å². The van der Waals surface area contributed by atoms with Gasteiger partial charge in [0.25, 0.3) is 0 Å². The molecule has 2 N–H and O–H groups in total. The number of benzene rings is 1. The summed E-state index contributed by atoms with van der Waals surface area (Å²) in [5, 5.41) is 6.44. The lowest BCUT2D eigenvalue weighted by atomic mass is 10.2. The average Bonchev–Trinajstić information content (AvgIpc) is 2.63. The fourth-order valence-corrected chi connectivity index (χ4v) is 2.29. The molecule has 1 atom stereocenters. The van der Waals surface area contributed by atoms with E-state index >= 15 is 0 Å². The fraction of sp³-hybridized carbons (Fsp3) is 0.368. The quantitative estimate of drug-likeness (QED) is 0.599. The van der Waals surface area contributed by atoms with Gasteiger partial charge in [-0.25, -0.2) is 4.39 Å². The molecule has 1 heterocycles. The number of nitrogens with one attached hydrogen (secondary N) is 2. The van der Waals surface area contributed by atoms with E-state index in [-0.39, 0.29) is 17.7 Å². The van der Waals surface area contributed by atoms with Gasteiger partial charge in [0.05, 0.1) is 18.8 Å². The number of rotatable bonds is 7. The van der Waals surface area contributed by atoms with Crippen LogP contribution in [0, 0.1) is 12.7 Å². The molecule has 1 unspecified atom stereocenters. The Bertz CT molecular complexity index is 705. The molecule has 1 aromatic heterocycles. The van der Waals surface area contributed by atoms with Gasteiger partial charge in [0.15, 0.2) is 17.5 Å². The molecule has 0 aliphatic carbocycles. The number of pyridine rings is 1. The molecule has 0 saturated heterocycles. The van der Waals surface area contributed by atoms with Crippen molar-refractivity contribution in [2.75, 3.05) is 13.6 Å². The van der Waals surface area contributed by atoms with Gasteiger partial charge in [-0.05, 0) is 37.1 Å². The summed E-state index contributed by atoms with van der Waals surface area (Å²) in [4.78, 5) is 8.55. The Balaban J connectivity index is 1.86. The number of para-hydroxylation sites is 1. The molecule has 0 spiro atoms. The first-order valence-corrected chi connectivity index (χ1v) is 8.40. The SMILES string of the molecule is CCC(CNC(=NC)NCc1ncccc1C)Oc1ccccc1F. The van der Waals surface area contributed by atoms with Crippen LogP contribution < -0.4 is 15.4 Å². The summed E-state index contributed by atoms with van der Waals surface area (Å²) in [6.45, 7) is 5.12. The first kappa shape index (κ1) is 18.7. The largest absolute Gasteiger partial charge is 0.486 e. The van der Waals surface area contributed by atoms with Crippen molar-refractivity contribution in [3.63, 3.8) is 0 Å². The van der Waals surface area contributed by atoms with Gasteiger partial charge in [-0.2, -0.15) is 0 Å². The molecule has 1 aromatic carbocycles. The maximum Gasteiger partial charge on any atom is 0.191 e. The van der Waals surface area contributed by atoms with Gasteiger partial charge in [-0.1, -0.05) is 25.1 Å². The zero-order valence-electron chi connectivity index (χ0n) is 14.9. The van der Waals surface area contributed by atoms with Crippen LogP contribution in [0.4, 0.5) is 4.39 Å². The van der Waals surface area contributed by atoms with E-state index in [1.165, 1.54) is 6.07 Å². The van der Waals surface area contributed by atoms with Gasteiger partial charge >= 0.3 is 0 Å². The normalized spacial score (nSPS) is 12.6. The van der Waals surface area contributed by atoms with Crippen molar-refractivity contribution in [2.45, 2.75) is 32.9 Å². The minimum Gasteiger partial charge on any atom is -0.486 e. The number of ether oxygens (including phenoxy) is 1. The van der Waals surface area contributed by atoms with Gasteiger partial charge in [0.2, 0.25) is 0 Å². The first-order valence-electron chi connectivity index (χ1n) is 8.40. The molecular weight excluding hydrogens is 319 g/mol. The lowest BCUT2D eigenvalue weighted by molar-refractivity contribution is 0.191. The van der Waals surface area contributed by atoms with Crippen LogP contribution in [0.15, 0.2) is 47.6 Å². The molecule has 134 valence electrons. The Morgan fingerprint density at radius 2 is 2.04 bits per heavy atom. The molecule has 0 amide bonds. The van der Waals surface area contributed by atoms with Crippen LogP contribution in [0.25, 0.3) is 0 Å². The third-order valence-electron chi connectivity index (χ3n) is 3.85. The molecule has 2 aromatic rings. The van der Waals surface area contributed by atoms with Crippen molar-refractivity contribution < 1.29 is 9.13 Å². The van der Waals surface area contributed by atoms with Crippen molar-refractivity contribution >= 4 is 5.96 Å². The summed E-state index contributed by atoms with van der Waals surface area (Å²) in [6, 6.07) is 10.4. The Hall–Kier alpha value is -2.63. The number of aryl methyl sites for hydroxylation is 1. The highest BCUT2D eigenvalue weighted by Crippen LogP contribution is 2.17. The van der Waals surface area contributed by atoms with Crippen molar-refractivity contribution in [3.8, 4) is 5.75 Å². The molecular formula is C19H25FN4O. The van der Waals surface area contributed by atoms with E-state index in [2.05, 4.69) is 20.6 Å². The predicted octanol–water partition coefficient (Wildman–Crippen LogP) is 3.05. The summed E-state index contributed by atoms with van der Waals surface area (Å²) in [5.41, 5.74) is 2.10. The van der Waals surface area contributed by atoms with E-state index in [1.807, 2.05) is 26.0 Å². The van der Waals surface area contributed by atoms with E-state index in [1.54, 1.807) is 31.4 Å². The highest BCUT2D eigenvalue weighted by molar-refractivity contribution is 5.79. The minimum absolute atomic E-state index is 0.160. The Labute approximate surface area is 148 Å². The summed E-state index contributed by atoms with van der Waals surface area (Å²) in [5.74, 6) is 0.568. The van der Waals surface area contributed by atoms with Gasteiger partial charge in [-0.15, -0.1) is 0 Å². The van der Waals surface area contributed by atoms with E-state index in [0.29, 0.717) is 19.0 Å².